The van der Waals surface area contributed by atoms with Gasteiger partial charge in [0.05, 0.1) is 11.6 Å². The minimum absolute atomic E-state index is 0.276. The number of hydrogen-bond acceptors (Lipinski definition) is 3. The Morgan fingerprint density at radius 1 is 1.44 bits per heavy atom. The monoisotopic (exact) mass is 285 g/mol. The van der Waals surface area contributed by atoms with Crippen LogP contribution >= 0.6 is 15.9 Å². The van der Waals surface area contributed by atoms with Gasteiger partial charge in [0.15, 0.2) is 0 Å². The van der Waals surface area contributed by atoms with Gasteiger partial charge in [-0.2, -0.15) is 0 Å². The first-order valence-corrected chi connectivity index (χ1v) is 6.30. The predicted molar refractivity (Wildman–Crippen MR) is 67.2 cm³/mol. The van der Waals surface area contributed by atoms with Gasteiger partial charge in [-0.15, -0.1) is 0 Å². The van der Waals surface area contributed by atoms with E-state index in [4.69, 9.17) is 9.47 Å². The third kappa shape index (κ3) is 2.89. The number of hydrogen-bond donors (Lipinski definition) is 1. The van der Waals surface area contributed by atoms with Crippen molar-refractivity contribution in [2.45, 2.75) is 18.9 Å². The van der Waals surface area contributed by atoms with Crippen molar-refractivity contribution < 1.29 is 9.47 Å². The van der Waals surface area contributed by atoms with Gasteiger partial charge in [0.1, 0.15) is 17.6 Å². The molecule has 1 atom stereocenters. The second-order valence-electron chi connectivity index (χ2n) is 3.88. The number of nitrogens with one attached hydrogen (secondary N) is 1. The lowest BCUT2D eigenvalue weighted by molar-refractivity contribution is 0.166. The molecule has 1 saturated heterocycles. The molecule has 3 nitrogen and oxygen atoms in total. The smallest absolute Gasteiger partial charge is 0.134 e. The first-order valence-electron chi connectivity index (χ1n) is 5.50. The molecule has 0 saturated carbocycles. The standard InChI is InChI=1S/C12H16BrNO2/c1-15-9-4-5-12(11(13)7-9)16-10-3-2-6-14-8-10/h4-5,7,10,14H,2-3,6,8H2,1H3/t10-/m1/s1. The number of piperidine rings is 1. The Kier molecular flexibility index (Phi) is 4.07. The zero-order chi connectivity index (χ0) is 11.4. The second-order valence-corrected chi connectivity index (χ2v) is 4.74. The van der Waals surface area contributed by atoms with E-state index in [2.05, 4.69) is 21.2 Å². The predicted octanol–water partition coefficient (Wildman–Crippen LogP) is 2.59. The van der Waals surface area contributed by atoms with E-state index in [1.165, 1.54) is 6.42 Å². The van der Waals surface area contributed by atoms with Gasteiger partial charge in [0.2, 0.25) is 0 Å². The average Bonchev–Trinajstić information content (AvgIpc) is 2.33. The molecule has 1 aliphatic heterocycles. The van der Waals surface area contributed by atoms with Gasteiger partial charge >= 0.3 is 0 Å². The number of rotatable bonds is 3. The molecule has 88 valence electrons. The molecule has 0 aliphatic carbocycles. The Labute approximate surface area is 104 Å². The van der Waals surface area contributed by atoms with Crippen molar-refractivity contribution >= 4 is 15.9 Å². The SMILES string of the molecule is COc1ccc(O[C@@H]2CCCNC2)c(Br)c1. The van der Waals surface area contributed by atoms with Gasteiger partial charge < -0.3 is 14.8 Å². The number of ether oxygens (including phenoxy) is 2. The molecular formula is C12H16BrNO2. The van der Waals surface area contributed by atoms with Crippen molar-refractivity contribution in [3.8, 4) is 11.5 Å². The van der Waals surface area contributed by atoms with E-state index in [0.29, 0.717) is 0 Å². The van der Waals surface area contributed by atoms with Crippen LogP contribution in [0.15, 0.2) is 22.7 Å². The molecule has 16 heavy (non-hydrogen) atoms. The summed E-state index contributed by atoms with van der Waals surface area (Å²) in [4.78, 5) is 0. The van der Waals surface area contributed by atoms with Gasteiger partial charge in [0.25, 0.3) is 0 Å². The maximum Gasteiger partial charge on any atom is 0.134 e. The average molecular weight is 286 g/mol. The van der Waals surface area contributed by atoms with E-state index in [9.17, 15) is 0 Å². The molecule has 0 spiro atoms. The summed E-state index contributed by atoms with van der Waals surface area (Å²) in [5, 5.41) is 3.33. The van der Waals surface area contributed by atoms with Crippen molar-refractivity contribution in [1.29, 1.82) is 0 Å². The molecule has 2 rings (SSSR count). The zero-order valence-corrected chi connectivity index (χ0v) is 10.9. The van der Waals surface area contributed by atoms with Crippen LogP contribution in [0.3, 0.4) is 0 Å². The van der Waals surface area contributed by atoms with Crippen LogP contribution in [0.5, 0.6) is 11.5 Å². The fourth-order valence-corrected chi connectivity index (χ4v) is 2.26. The van der Waals surface area contributed by atoms with Gasteiger partial charge in [-0.3, -0.25) is 0 Å². The summed E-state index contributed by atoms with van der Waals surface area (Å²) in [6.07, 6.45) is 2.57. The van der Waals surface area contributed by atoms with Crippen LogP contribution in [0, 0.1) is 0 Å². The zero-order valence-electron chi connectivity index (χ0n) is 9.33. The summed E-state index contributed by atoms with van der Waals surface area (Å²) in [6, 6.07) is 5.78. The van der Waals surface area contributed by atoms with E-state index in [1.54, 1.807) is 7.11 Å². The molecule has 1 N–H and O–H groups in total. The Balaban J connectivity index is 2.03. The van der Waals surface area contributed by atoms with Crippen LogP contribution in [0.25, 0.3) is 0 Å². The van der Waals surface area contributed by atoms with Crippen LogP contribution in [-0.2, 0) is 0 Å². The van der Waals surface area contributed by atoms with Crippen molar-refractivity contribution in [3.05, 3.63) is 22.7 Å². The molecule has 1 fully saturated rings. The summed E-state index contributed by atoms with van der Waals surface area (Å²) >= 11 is 3.49. The van der Waals surface area contributed by atoms with E-state index in [-0.39, 0.29) is 6.10 Å². The molecule has 1 aromatic rings. The van der Waals surface area contributed by atoms with Gasteiger partial charge in [-0.05, 0) is 53.5 Å². The molecule has 0 unspecified atom stereocenters. The highest BCUT2D eigenvalue weighted by molar-refractivity contribution is 9.10. The molecule has 0 radical (unpaired) electrons. The maximum atomic E-state index is 5.92. The van der Waals surface area contributed by atoms with Crippen molar-refractivity contribution in [2.75, 3.05) is 20.2 Å². The van der Waals surface area contributed by atoms with E-state index >= 15 is 0 Å². The maximum absolute atomic E-state index is 5.92. The molecule has 1 aliphatic rings. The fourth-order valence-electron chi connectivity index (χ4n) is 1.80. The van der Waals surface area contributed by atoms with Crippen LogP contribution in [-0.4, -0.2) is 26.3 Å². The fraction of sp³-hybridized carbons (Fsp3) is 0.500. The van der Waals surface area contributed by atoms with Crippen LogP contribution < -0.4 is 14.8 Å². The number of halogens is 1. The molecule has 0 bridgehead atoms. The lowest BCUT2D eigenvalue weighted by Gasteiger charge is -2.24. The first-order chi connectivity index (χ1) is 7.79. The highest BCUT2D eigenvalue weighted by Gasteiger charge is 2.15. The van der Waals surface area contributed by atoms with Gasteiger partial charge in [0, 0.05) is 6.54 Å². The summed E-state index contributed by atoms with van der Waals surface area (Å²) < 4.78 is 12.0. The van der Waals surface area contributed by atoms with Crippen molar-refractivity contribution in [1.82, 2.24) is 5.32 Å². The summed E-state index contributed by atoms with van der Waals surface area (Å²) in [5.74, 6) is 1.72. The second kappa shape index (κ2) is 5.55. The van der Waals surface area contributed by atoms with Gasteiger partial charge in [-0.1, -0.05) is 0 Å². The molecule has 0 amide bonds. The third-order valence-electron chi connectivity index (χ3n) is 2.68. The topological polar surface area (TPSA) is 30.5 Å². The Bertz CT molecular complexity index is 351. The quantitative estimate of drug-likeness (QED) is 0.926. The summed E-state index contributed by atoms with van der Waals surface area (Å²) in [5.41, 5.74) is 0. The van der Waals surface area contributed by atoms with Crippen molar-refractivity contribution in [2.24, 2.45) is 0 Å². The Hall–Kier alpha value is -0.740. The molecular weight excluding hydrogens is 270 g/mol. The molecule has 1 aromatic carbocycles. The summed E-state index contributed by atoms with van der Waals surface area (Å²) in [6.45, 7) is 2.03. The van der Waals surface area contributed by atoms with Gasteiger partial charge in [-0.25, -0.2) is 0 Å². The van der Waals surface area contributed by atoms with Crippen LogP contribution in [0.2, 0.25) is 0 Å². The van der Waals surface area contributed by atoms with E-state index in [1.807, 2.05) is 18.2 Å². The molecule has 4 heteroatoms. The normalized spacial score (nSPS) is 20.5. The minimum Gasteiger partial charge on any atom is -0.497 e. The lowest BCUT2D eigenvalue weighted by Crippen LogP contribution is -2.37. The van der Waals surface area contributed by atoms with E-state index < -0.39 is 0 Å². The van der Waals surface area contributed by atoms with Crippen LogP contribution in [0.1, 0.15) is 12.8 Å². The Morgan fingerprint density at radius 3 is 2.94 bits per heavy atom. The molecule has 1 heterocycles. The first kappa shape index (κ1) is 11.7. The number of benzene rings is 1. The third-order valence-corrected chi connectivity index (χ3v) is 3.30. The highest BCUT2D eigenvalue weighted by atomic mass is 79.9. The largest absolute Gasteiger partial charge is 0.497 e. The van der Waals surface area contributed by atoms with E-state index in [0.717, 1.165) is 35.5 Å². The van der Waals surface area contributed by atoms with Crippen molar-refractivity contribution in [3.63, 3.8) is 0 Å². The van der Waals surface area contributed by atoms with Crippen LogP contribution in [0.4, 0.5) is 0 Å². The lowest BCUT2D eigenvalue weighted by atomic mass is 10.1. The minimum atomic E-state index is 0.276. The number of methoxy groups -OCH3 is 1. The summed E-state index contributed by atoms with van der Waals surface area (Å²) in [7, 11) is 1.66. The molecule has 0 aromatic heterocycles. The Morgan fingerprint density at radius 2 is 2.31 bits per heavy atom. The highest BCUT2D eigenvalue weighted by Crippen LogP contribution is 2.30.